The molecule has 0 spiro atoms. The smallest absolute Gasteiger partial charge is 0.262 e. The molecule has 0 bridgehead atoms. The quantitative estimate of drug-likeness (QED) is 0.380. The number of thiophene rings is 1. The molecule has 0 aliphatic carbocycles. The van der Waals surface area contributed by atoms with Crippen LogP contribution in [0, 0.1) is 11.7 Å². The lowest BCUT2D eigenvalue weighted by Gasteiger charge is -2.38. The highest BCUT2D eigenvalue weighted by atomic mass is 32.2. The zero-order valence-electron chi connectivity index (χ0n) is 22.0. The molecule has 0 saturated heterocycles. The topological polar surface area (TPSA) is 133 Å². The van der Waals surface area contributed by atoms with Gasteiger partial charge in [-0.15, -0.1) is 11.3 Å². The fourth-order valence-electron chi connectivity index (χ4n) is 4.27. The Kier molecular flexibility index (Phi) is 8.85. The summed E-state index contributed by atoms with van der Waals surface area (Å²) < 4.78 is 76.0. The van der Waals surface area contributed by atoms with Crippen LogP contribution in [0.25, 0.3) is 0 Å². The highest BCUT2D eigenvalue weighted by Gasteiger charge is 2.36. The molecule has 0 saturated carbocycles. The number of rotatable bonds is 9. The molecular formula is C26H30FN3O7S3. The molecule has 10 nitrogen and oxygen atoms in total. The Labute approximate surface area is 237 Å². The lowest BCUT2D eigenvalue weighted by atomic mass is 9.99. The van der Waals surface area contributed by atoms with Crippen molar-refractivity contribution in [3.63, 3.8) is 0 Å². The minimum absolute atomic E-state index is 0.0419. The number of fused-ring (bicyclic) bond motifs is 1. The number of hydrogen-bond acceptors (Lipinski definition) is 8. The number of aliphatic hydroxyl groups is 1. The predicted molar refractivity (Wildman–Crippen MR) is 149 cm³/mol. The Hall–Kier alpha value is -3.04. The van der Waals surface area contributed by atoms with Crippen LogP contribution in [0.1, 0.15) is 24.2 Å². The van der Waals surface area contributed by atoms with Crippen molar-refractivity contribution in [3.8, 4) is 5.75 Å². The van der Waals surface area contributed by atoms with Gasteiger partial charge in [-0.1, -0.05) is 19.1 Å². The van der Waals surface area contributed by atoms with E-state index < -0.39 is 49.8 Å². The second-order valence-corrected chi connectivity index (χ2v) is 14.5. The van der Waals surface area contributed by atoms with Crippen LogP contribution in [0.4, 0.5) is 10.1 Å². The molecule has 0 unspecified atom stereocenters. The number of carbonyl (C=O) groups excluding carboxylic acids is 1. The lowest BCUT2D eigenvalue weighted by Crippen LogP contribution is -2.50. The average Bonchev–Trinajstić information content (AvgIpc) is 3.47. The number of likely N-dealkylation sites (N-methyl/N-ethyl adjacent to an activating group) is 1. The van der Waals surface area contributed by atoms with Gasteiger partial charge in [0.15, 0.2) is 5.75 Å². The van der Waals surface area contributed by atoms with Crippen LogP contribution in [0.3, 0.4) is 0 Å². The van der Waals surface area contributed by atoms with Crippen LogP contribution in [-0.2, 0) is 20.0 Å². The van der Waals surface area contributed by atoms with Gasteiger partial charge in [0.2, 0.25) is 0 Å². The Bertz CT molecular complexity index is 1560. The van der Waals surface area contributed by atoms with E-state index in [0.29, 0.717) is 0 Å². The van der Waals surface area contributed by atoms with Gasteiger partial charge in [0.25, 0.3) is 26.0 Å². The predicted octanol–water partition coefficient (Wildman–Crippen LogP) is 3.23. The average molecular weight is 612 g/mol. The molecule has 3 aromatic rings. The summed E-state index contributed by atoms with van der Waals surface area (Å²) >= 11 is 1.08. The van der Waals surface area contributed by atoms with Crippen LogP contribution >= 0.6 is 11.3 Å². The summed E-state index contributed by atoms with van der Waals surface area (Å²) in [6, 6.07) is 11.2. The Morgan fingerprint density at radius 1 is 1.15 bits per heavy atom. The fraction of sp³-hybridized carbons (Fsp3) is 0.346. The third kappa shape index (κ3) is 6.15. The molecule has 1 aromatic heterocycles. The highest BCUT2D eigenvalue weighted by molar-refractivity contribution is 7.92. The van der Waals surface area contributed by atoms with Crippen molar-refractivity contribution < 1.29 is 35.9 Å². The number of benzene rings is 2. The summed E-state index contributed by atoms with van der Waals surface area (Å²) in [6.45, 7) is 3.20. The number of aliphatic hydroxyl groups excluding tert-OH is 1. The van der Waals surface area contributed by atoms with Gasteiger partial charge in [-0.3, -0.25) is 9.52 Å². The standard InChI is InChI=1S/C26H30FN3O7S3/c1-17-14-30(18(2)16-31)26(32)21-6-4-7-22(28-39(33,34)20-11-9-19(27)10-12-20)25(21)37-23(17)15-29(3)40(35,36)24-8-5-13-38-24/h4-13,17-18,23,28,31H,14-16H2,1-3H3/t17-,18+,23+/m0/s1. The molecule has 0 radical (unpaired) electrons. The normalized spacial score (nSPS) is 18.9. The van der Waals surface area contributed by atoms with Crippen molar-refractivity contribution in [3.05, 3.63) is 71.4 Å². The summed E-state index contributed by atoms with van der Waals surface area (Å²) in [5.74, 6) is -1.58. The number of ether oxygens (including phenoxy) is 1. The minimum Gasteiger partial charge on any atom is -0.486 e. The van der Waals surface area contributed by atoms with E-state index >= 15 is 0 Å². The zero-order valence-corrected chi connectivity index (χ0v) is 24.5. The number of nitrogens with one attached hydrogen (secondary N) is 1. The first-order valence-electron chi connectivity index (χ1n) is 12.3. The van der Waals surface area contributed by atoms with E-state index in [9.17, 15) is 31.1 Å². The fourth-order valence-corrected chi connectivity index (χ4v) is 7.72. The minimum atomic E-state index is -4.21. The maximum atomic E-state index is 13.6. The number of hydrogen-bond donors (Lipinski definition) is 2. The summed E-state index contributed by atoms with van der Waals surface area (Å²) in [4.78, 5) is 14.9. The number of para-hydroxylation sites is 1. The number of halogens is 1. The third-order valence-electron chi connectivity index (χ3n) is 6.66. The molecule has 3 atom stereocenters. The van der Waals surface area contributed by atoms with Crippen LogP contribution in [0.15, 0.2) is 69.1 Å². The van der Waals surface area contributed by atoms with Gasteiger partial charge >= 0.3 is 0 Å². The maximum Gasteiger partial charge on any atom is 0.262 e. The zero-order chi connectivity index (χ0) is 29.2. The van der Waals surface area contributed by atoms with Crippen molar-refractivity contribution in [1.82, 2.24) is 9.21 Å². The molecule has 4 rings (SSSR count). The largest absolute Gasteiger partial charge is 0.486 e. The molecule has 14 heteroatoms. The molecule has 2 N–H and O–H groups in total. The molecule has 2 aromatic carbocycles. The second kappa shape index (κ2) is 11.8. The monoisotopic (exact) mass is 611 g/mol. The molecule has 216 valence electrons. The summed E-state index contributed by atoms with van der Waals surface area (Å²) in [5, 5.41) is 11.5. The van der Waals surface area contributed by atoms with E-state index in [4.69, 9.17) is 4.74 Å². The van der Waals surface area contributed by atoms with Crippen molar-refractivity contribution in [1.29, 1.82) is 0 Å². The van der Waals surface area contributed by atoms with E-state index in [2.05, 4.69) is 4.72 Å². The van der Waals surface area contributed by atoms with E-state index in [0.717, 1.165) is 39.9 Å². The van der Waals surface area contributed by atoms with Crippen molar-refractivity contribution in [2.24, 2.45) is 5.92 Å². The van der Waals surface area contributed by atoms with Crippen LogP contribution < -0.4 is 9.46 Å². The molecule has 40 heavy (non-hydrogen) atoms. The third-order valence-corrected chi connectivity index (χ3v) is 11.2. The van der Waals surface area contributed by atoms with Gasteiger partial charge in [-0.25, -0.2) is 21.2 Å². The summed E-state index contributed by atoms with van der Waals surface area (Å²) in [6.07, 6.45) is -0.809. The van der Waals surface area contributed by atoms with Crippen molar-refractivity contribution in [2.45, 2.75) is 35.1 Å². The van der Waals surface area contributed by atoms with E-state index in [1.807, 2.05) is 0 Å². The van der Waals surface area contributed by atoms with E-state index in [1.165, 1.54) is 36.2 Å². The highest BCUT2D eigenvalue weighted by Crippen LogP contribution is 2.36. The first kappa shape index (κ1) is 29.9. The Morgan fingerprint density at radius 2 is 1.85 bits per heavy atom. The molecule has 1 amide bonds. The van der Waals surface area contributed by atoms with Gasteiger partial charge in [-0.2, -0.15) is 4.31 Å². The molecular weight excluding hydrogens is 581 g/mol. The van der Waals surface area contributed by atoms with Crippen molar-refractivity contribution >= 4 is 43.0 Å². The molecule has 1 aliphatic rings. The molecule has 1 aliphatic heterocycles. The van der Waals surface area contributed by atoms with Gasteiger partial charge < -0.3 is 14.7 Å². The first-order chi connectivity index (χ1) is 18.8. The molecule has 0 fully saturated rings. The SMILES string of the molecule is C[C@H](CO)N1C[C@H](C)[C@@H](CN(C)S(=O)(=O)c2cccs2)Oc2c(NS(=O)(=O)c3ccc(F)cc3)cccc2C1=O. The molecule has 2 heterocycles. The van der Waals surface area contributed by atoms with Gasteiger partial charge in [0, 0.05) is 19.5 Å². The second-order valence-electron chi connectivity index (χ2n) is 9.58. The maximum absolute atomic E-state index is 13.6. The number of sulfonamides is 2. The summed E-state index contributed by atoms with van der Waals surface area (Å²) in [5.41, 5.74) is -0.00471. The van der Waals surface area contributed by atoms with Crippen LogP contribution in [0.5, 0.6) is 5.75 Å². The van der Waals surface area contributed by atoms with Crippen molar-refractivity contribution in [2.75, 3.05) is 31.5 Å². The van der Waals surface area contributed by atoms with Gasteiger partial charge in [0.1, 0.15) is 16.1 Å². The van der Waals surface area contributed by atoms with E-state index in [1.54, 1.807) is 25.3 Å². The summed E-state index contributed by atoms with van der Waals surface area (Å²) in [7, 11) is -6.62. The van der Waals surface area contributed by atoms with Crippen LogP contribution in [-0.4, -0.2) is 75.9 Å². The Balaban J connectivity index is 1.76. The number of amides is 1. The first-order valence-corrected chi connectivity index (χ1v) is 16.1. The number of carbonyl (C=O) groups is 1. The lowest BCUT2D eigenvalue weighted by molar-refractivity contribution is 0.0389. The number of anilines is 1. The number of nitrogens with zero attached hydrogens (tertiary/aromatic N) is 2. The van der Waals surface area contributed by atoms with Gasteiger partial charge in [-0.05, 0) is 54.8 Å². The Morgan fingerprint density at radius 3 is 2.48 bits per heavy atom. The van der Waals surface area contributed by atoms with E-state index in [-0.39, 0.29) is 45.8 Å². The van der Waals surface area contributed by atoms with Crippen LogP contribution in [0.2, 0.25) is 0 Å². The van der Waals surface area contributed by atoms with Gasteiger partial charge in [0.05, 0.1) is 35.3 Å².